The number of imidazole rings is 1. The Morgan fingerprint density at radius 3 is 3.00 bits per heavy atom. The average molecular weight is 220 g/mol. The lowest BCUT2D eigenvalue weighted by Gasteiger charge is -2.18. The van der Waals surface area contributed by atoms with Crippen LogP contribution in [-0.4, -0.2) is 32.2 Å². The van der Waals surface area contributed by atoms with Gasteiger partial charge in [0.2, 0.25) is 0 Å². The fourth-order valence-corrected chi connectivity index (χ4v) is 1.57. The van der Waals surface area contributed by atoms with Crippen LogP contribution in [0.25, 0.3) is 11.2 Å². The molecular weight excluding hydrogens is 204 g/mol. The van der Waals surface area contributed by atoms with E-state index in [-0.39, 0.29) is 6.54 Å². The van der Waals surface area contributed by atoms with Crippen molar-refractivity contribution in [3.8, 4) is 0 Å². The first-order valence-corrected chi connectivity index (χ1v) is 5.24. The summed E-state index contributed by atoms with van der Waals surface area (Å²) in [7, 11) is 0. The number of nitrogens with one attached hydrogen (secondary N) is 1. The van der Waals surface area contributed by atoms with Crippen LogP contribution in [-0.2, 0) is 6.42 Å². The molecule has 0 saturated heterocycles. The van der Waals surface area contributed by atoms with E-state index in [2.05, 4.69) is 15.0 Å². The molecule has 0 saturated carbocycles. The van der Waals surface area contributed by atoms with Crippen LogP contribution in [0.1, 0.15) is 18.3 Å². The van der Waals surface area contributed by atoms with E-state index in [1.54, 1.807) is 13.1 Å². The number of aliphatic hydroxyl groups is 1. The third-order valence-corrected chi connectivity index (χ3v) is 2.51. The highest BCUT2D eigenvalue weighted by atomic mass is 16.3. The summed E-state index contributed by atoms with van der Waals surface area (Å²) in [5, 5.41) is 9.85. The summed E-state index contributed by atoms with van der Waals surface area (Å²) < 4.78 is 0. The Labute approximate surface area is 93.7 Å². The maximum absolute atomic E-state index is 9.85. The molecule has 0 amide bonds. The lowest BCUT2D eigenvalue weighted by molar-refractivity contribution is 0.0678. The first-order chi connectivity index (χ1) is 7.50. The minimum atomic E-state index is -0.928. The number of aromatic amines is 1. The number of hydrogen-bond donors (Lipinski definition) is 3. The Bertz CT molecular complexity index is 504. The number of aryl methyl sites for hydroxylation is 1. The molecule has 0 aliphatic carbocycles. The molecule has 1 atom stereocenters. The van der Waals surface area contributed by atoms with E-state index in [0.29, 0.717) is 17.9 Å². The first-order valence-electron chi connectivity index (χ1n) is 5.24. The van der Waals surface area contributed by atoms with E-state index >= 15 is 0 Å². The topological polar surface area (TPSA) is 87.8 Å². The van der Waals surface area contributed by atoms with Crippen LogP contribution in [0.5, 0.6) is 0 Å². The largest absolute Gasteiger partial charge is 0.388 e. The Balaban J connectivity index is 2.33. The normalized spacial score (nSPS) is 15.2. The highest BCUT2D eigenvalue weighted by molar-refractivity contribution is 5.70. The molecule has 1 unspecified atom stereocenters. The second-order valence-corrected chi connectivity index (χ2v) is 4.45. The predicted molar refractivity (Wildman–Crippen MR) is 62.0 cm³/mol. The SMILES string of the molecule is Cc1cnc2nc(CC(C)(O)CN)[nH]c2c1. The van der Waals surface area contributed by atoms with Crippen molar-refractivity contribution in [2.45, 2.75) is 25.9 Å². The molecule has 0 radical (unpaired) electrons. The molecule has 2 rings (SSSR count). The zero-order valence-electron chi connectivity index (χ0n) is 9.49. The lowest BCUT2D eigenvalue weighted by atomic mass is 10.0. The summed E-state index contributed by atoms with van der Waals surface area (Å²) in [4.78, 5) is 11.6. The molecule has 0 bridgehead atoms. The van der Waals surface area contributed by atoms with Crippen molar-refractivity contribution in [1.82, 2.24) is 15.0 Å². The third kappa shape index (κ3) is 2.20. The van der Waals surface area contributed by atoms with Gasteiger partial charge in [0.25, 0.3) is 0 Å². The predicted octanol–water partition coefficient (Wildman–Crippen LogP) is 0.519. The minimum Gasteiger partial charge on any atom is -0.388 e. The fraction of sp³-hybridized carbons (Fsp3) is 0.455. The molecule has 0 aromatic carbocycles. The van der Waals surface area contributed by atoms with Crippen molar-refractivity contribution >= 4 is 11.2 Å². The highest BCUT2D eigenvalue weighted by Gasteiger charge is 2.20. The lowest BCUT2D eigenvalue weighted by Crippen LogP contribution is -2.36. The van der Waals surface area contributed by atoms with Crippen LogP contribution in [0, 0.1) is 6.92 Å². The van der Waals surface area contributed by atoms with Crippen molar-refractivity contribution in [2.24, 2.45) is 5.73 Å². The maximum atomic E-state index is 9.85. The van der Waals surface area contributed by atoms with Crippen molar-refractivity contribution in [3.05, 3.63) is 23.7 Å². The maximum Gasteiger partial charge on any atom is 0.177 e. The second-order valence-electron chi connectivity index (χ2n) is 4.45. The molecule has 0 aliphatic heterocycles. The number of nitrogens with two attached hydrogens (primary N) is 1. The van der Waals surface area contributed by atoms with Gasteiger partial charge in [0, 0.05) is 19.2 Å². The molecule has 16 heavy (non-hydrogen) atoms. The van der Waals surface area contributed by atoms with Gasteiger partial charge < -0.3 is 15.8 Å². The highest BCUT2D eigenvalue weighted by Crippen LogP contribution is 2.14. The van der Waals surface area contributed by atoms with Gasteiger partial charge in [-0.1, -0.05) is 0 Å². The van der Waals surface area contributed by atoms with E-state index in [1.165, 1.54) is 0 Å². The molecule has 0 fully saturated rings. The van der Waals surface area contributed by atoms with Gasteiger partial charge in [-0.2, -0.15) is 0 Å². The number of rotatable bonds is 3. The van der Waals surface area contributed by atoms with E-state index in [0.717, 1.165) is 11.1 Å². The van der Waals surface area contributed by atoms with E-state index in [1.807, 2.05) is 13.0 Å². The summed E-state index contributed by atoms with van der Waals surface area (Å²) in [5.74, 6) is 0.712. The fourth-order valence-electron chi connectivity index (χ4n) is 1.57. The van der Waals surface area contributed by atoms with Crippen LogP contribution in [0.2, 0.25) is 0 Å². The Morgan fingerprint density at radius 1 is 1.56 bits per heavy atom. The zero-order valence-corrected chi connectivity index (χ0v) is 9.49. The van der Waals surface area contributed by atoms with Gasteiger partial charge in [-0.25, -0.2) is 9.97 Å². The van der Waals surface area contributed by atoms with Gasteiger partial charge in [-0.15, -0.1) is 0 Å². The van der Waals surface area contributed by atoms with Crippen molar-refractivity contribution < 1.29 is 5.11 Å². The Kier molecular flexibility index (Phi) is 2.65. The monoisotopic (exact) mass is 220 g/mol. The first kappa shape index (κ1) is 11.0. The molecule has 2 aromatic rings. The van der Waals surface area contributed by atoms with E-state index in [9.17, 15) is 5.11 Å². The number of fused-ring (bicyclic) bond motifs is 1. The quantitative estimate of drug-likeness (QED) is 0.703. The number of nitrogens with zero attached hydrogens (tertiary/aromatic N) is 2. The number of H-pyrrole nitrogens is 1. The number of pyridine rings is 1. The molecule has 2 heterocycles. The van der Waals surface area contributed by atoms with Gasteiger partial charge in [-0.05, 0) is 25.5 Å². The summed E-state index contributed by atoms with van der Waals surface area (Å²) in [6.07, 6.45) is 2.17. The molecule has 2 aromatic heterocycles. The van der Waals surface area contributed by atoms with Crippen molar-refractivity contribution in [1.29, 1.82) is 0 Å². The van der Waals surface area contributed by atoms with Gasteiger partial charge in [0.1, 0.15) is 5.82 Å². The number of aromatic nitrogens is 3. The minimum absolute atomic E-state index is 0.205. The third-order valence-electron chi connectivity index (χ3n) is 2.51. The van der Waals surface area contributed by atoms with Crippen LogP contribution < -0.4 is 5.73 Å². The van der Waals surface area contributed by atoms with Crippen LogP contribution in [0.15, 0.2) is 12.3 Å². The molecule has 86 valence electrons. The van der Waals surface area contributed by atoms with Crippen LogP contribution in [0.4, 0.5) is 0 Å². The second kappa shape index (κ2) is 3.84. The van der Waals surface area contributed by atoms with Gasteiger partial charge in [0.05, 0.1) is 11.1 Å². The Hall–Kier alpha value is -1.46. The summed E-state index contributed by atoms with van der Waals surface area (Å²) in [5.41, 5.74) is 7.18. The van der Waals surface area contributed by atoms with Crippen molar-refractivity contribution in [3.63, 3.8) is 0 Å². The molecule has 5 nitrogen and oxygen atoms in total. The van der Waals surface area contributed by atoms with Gasteiger partial charge >= 0.3 is 0 Å². The van der Waals surface area contributed by atoms with E-state index < -0.39 is 5.60 Å². The van der Waals surface area contributed by atoms with Gasteiger partial charge in [-0.3, -0.25) is 0 Å². The molecule has 0 spiro atoms. The molecule has 0 aliphatic rings. The molecule has 4 N–H and O–H groups in total. The van der Waals surface area contributed by atoms with E-state index in [4.69, 9.17) is 5.73 Å². The average Bonchev–Trinajstić information content (AvgIpc) is 2.58. The molecule has 5 heteroatoms. The Morgan fingerprint density at radius 2 is 2.31 bits per heavy atom. The summed E-state index contributed by atoms with van der Waals surface area (Å²) in [6, 6.07) is 1.98. The van der Waals surface area contributed by atoms with Crippen LogP contribution in [0.3, 0.4) is 0 Å². The number of hydrogen-bond acceptors (Lipinski definition) is 4. The van der Waals surface area contributed by atoms with Crippen LogP contribution >= 0.6 is 0 Å². The summed E-state index contributed by atoms with van der Waals surface area (Å²) in [6.45, 7) is 3.87. The smallest absolute Gasteiger partial charge is 0.177 e. The molecular formula is C11H16N4O. The zero-order chi connectivity index (χ0) is 11.8. The summed E-state index contributed by atoms with van der Waals surface area (Å²) >= 11 is 0. The van der Waals surface area contributed by atoms with Gasteiger partial charge in [0.15, 0.2) is 5.65 Å². The van der Waals surface area contributed by atoms with Crippen molar-refractivity contribution in [2.75, 3.05) is 6.54 Å². The standard InChI is InChI=1S/C11H16N4O/c1-7-3-8-10(13-5-7)15-9(14-8)4-11(2,16)6-12/h3,5,16H,4,6,12H2,1-2H3,(H,13,14,15).